The zero-order chi connectivity index (χ0) is 12.8. The second-order valence-corrected chi connectivity index (χ2v) is 5.13. The van der Waals surface area contributed by atoms with Gasteiger partial charge in [0.05, 0.1) is 0 Å². The molecular weight excluding hydrogens is 232 g/mol. The van der Waals surface area contributed by atoms with Crippen molar-refractivity contribution in [3.05, 3.63) is 16.6 Å². The van der Waals surface area contributed by atoms with Crippen LogP contribution in [0.5, 0.6) is 0 Å². The number of anilines is 1. The van der Waals surface area contributed by atoms with E-state index in [1.165, 1.54) is 0 Å². The van der Waals surface area contributed by atoms with Crippen molar-refractivity contribution in [2.24, 2.45) is 11.1 Å². The van der Waals surface area contributed by atoms with Gasteiger partial charge in [0.25, 0.3) is 5.56 Å². The number of hydrogen-bond acceptors (Lipinski definition) is 5. The Hall–Kier alpha value is -1.89. The fourth-order valence-corrected chi connectivity index (χ4v) is 2.30. The number of aromatic nitrogens is 4. The molecule has 1 saturated heterocycles. The predicted molar refractivity (Wildman–Crippen MR) is 67.3 cm³/mol. The second kappa shape index (κ2) is 3.81. The number of nitrogens with two attached hydrogens (primary N) is 1. The molecule has 1 unspecified atom stereocenters. The monoisotopic (exact) mass is 247 g/mol. The Balaban J connectivity index is 1.98. The Morgan fingerprint density at radius 1 is 1.61 bits per heavy atom. The Bertz CT molecular complexity index is 632. The molecule has 1 aliphatic rings. The molecule has 7 nitrogen and oxygen atoms in total. The maximum atomic E-state index is 11.8. The van der Waals surface area contributed by atoms with Gasteiger partial charge in [-0.1, -0.05) is 6.92 Å². The largest absolute Gasteiger partial charge is 0.342 e. The molecule has 1 atom stereocenters. The standard InChI is InChI=1S/C11H15N6O/c1-11(5-12)2-3-17(6-11)10-14-8-7(4-13-16-8)9(18)15-10/h2-3,5-6,12H2,1H3,(H2,13,14,15,16,18). The molecule has 2 aromatic heterocycles. The summed E-state index contributed by atoms with van der Waals surface area (Å²) >= 11 is 0. The number of hydrogen-bond donors (Lipinski definition) is 3. The fraction of sp³-hybridized carbons (Fsp3) is 0.545. The van der Waals surface area contributed by atoms with Crippen molar-refractivity contribution in [1.82, 2.24) is 20.2 Å². The Labute approximate surface area is 103 Å². The highest BCUT2D eigenvalue weighted by Gasteiger charge is 2.33. The maximum Gasteiger partial charge on any atom is 0.264 e. The predicted octanol–water partition coefficient (Wildman–Crippen LogP) is -0.379. The van der Waals surface area contributed by atoms with Crippen molar-refractivity contribution in [1.29, 1.82) is 0 Å². The van der Waals surface area contributed by atoms with Gasteiger partial charge in [0.15, 0.2) is 5.65 Å². The molecule has 2 aromatic rings. The summed E-state index contributed by atoms with van der Waals surface area (Å²) in [5.41, 5.74) is 6.11. The summed E-state index contributed by atoms with van der Waals surface area (Å²) < 4.78 is 0. The molecule has 1 radical (unpaired) electrons. The Morgan fingerprint density at radius 3 is 3.17 bits per heavy atom. The topological polar surface area (TPSA) is 104 Å². The van der Waals surface area contributed by atoms with Crippen LogP contribution in [0.1, 0.15) is 13.3 Å². The second-order valence-electron chi connectivity index (χ2n) is 5.13. The van der Waals surface area contributed by atoms with Gasteiger partial charge in [-0.2, -0.15) is 10.1 Å². The van der Waals surface area contributed by atoms with Crippen molar-refractivity contribution < 1.29 is 0 Å². The molecule has 7 heteroatoms. The SMILES string of the molecule is CC1(CN)CCN(c2nc3[nH]n[c]c3c(=O)[nH]2)C1. The summed E-state index contributed by atoms with van der Waals surface area (Å²) in [5, 5.41) is 6.74. The number of aromatic amines is 2. The van der Waals surface area contributed by atoms with Crippen LogP contribution in [0.15, 0.2) is 4.79 Å². The smallest absolute Gasteiger partial charge is 0.264 e. The van der Waals surface area contributed by atoms with Gasteiger partial charge in [0, 0.05) is 13.1 Å². The van der Waals surface area contributed by atoms with E-state index in [-0.39, 0.29) is 11.0 Å². The van der Waals surface area contributed by atoms with E-state index in [0.29, 0.717) is 23.5 Å². The first-order valence-corrected chi connectivity index (χ1v) is 5.92. The van der Waals surface area contributed by atoms with Crippen molar-refractivity contribution in [2.45, 2.75) is 13.3 Å². The lowest BCUT2D eigenvalue weighted by molar-refractivity contribution is 0.383. The minimum Gasteiger partial charge on any atom is -0.342 e. The van der Waals surface area contributed by atoms with Crippen LogP contribution in [0.4, 0.5) is 5.95 Å². The molecule has 0 amide bonds. The summed E-state index contributed by atoms with van der Waals surface area (Å²) in [6, 6.07) is 0. The van der Waals surface area contributed by atoms with Gasteiger partial charge in [-0.15, -0.1) is 0 Å². The fourth-order valence-electron chi connectivity index (χ4n) is 2.30. The number of nitrogens with zero attached hydrogens (tertiary/aromatic N) is 3. The third-order valence-electron chi connectivity index (χ3n) is 3.59. The van der Waals surface area contributed by atoms with Crippen LogP contribution < -0.4 is 16.2 Å². The molecule has 0 bridgehead atoms. The first-order valence-electron chi connectivity index (χ1n) is 5.92. The highest BCUT2D eigenvalue weighted by molar-refractivity contribution is 5.72. The van der Waals surface area contributed by atoms with E-state index in [2.05, 4.69) is 38.2 Å². The van der Waals surface area contributed by atoms with Crippen molar-refractivity contribution in [3.63, 3.8) is 0 Å². The highest BCUT2D eigenvalue weighted by atomic mass is 16.1. The van der Waals surface area contributed by atoms with E-state index in [1.54, 1.807) is 0 Å². The number of H-pyrrole nitrogens is 2. The van der Waals surface area contributed by atoms with Crippen LogP contribution in [-0.4, -0.2) is 39.8 Å². The molecule has 0 aliphatic carbocycles. The summed E-state index contributed by atoms with van der Waals surface area (Å²) in [6.45, 7) is 4.43. The van der Waals surface area contributed by atoms with E-state index < -0.39 is 0 Å². The Morgan fingerprint density at radius 2 is 2.44 bits per heavy atom. The number of nitrogens with one attached hydrogen (secondary N) is 2. The lowest BCUT2D eigenvalue weighted by atomic mass is 9.90. The molecule has 3 heterocycles. The molecule has 1 fully saturated rings. The molecule has 3 rings (SSSR count). The van der Waals surface area contributed by atoms with Gasteiger partial charge in [0.1, 0.15) is 11.6 Å². The van der Waals surface area contributed by atoms with Crippen LogP contribution in [0.2, 0.25) is 0 Å². The van der Waals surface area contributed by atoms with E-state index >= 15 is 0 Å². The Kier molecular flexibility index (Phi) is 2.37. The summed E-state index contributed by atoms with van der Waals surface area (Å²) in [6.07, 6.45) is 3.58. The third-order valence-corrected chi connectivity index (χ3v) is 3.59. The molecule has 18 heavy (non-hydrogen) atoms. The third kappa shape index (κ3) is 1.67. The van der Waals surface area contributed by atoms with Crippen molar-refractivity contribution in [2.75, 3.05) is 24.5 Å². The maximum absolute atomic E-state index is 11.8. The lowest BCUT2D eigenvalue weighted by Gasteiger charge is -2.22. The average Bonchev–Trinajstić information content (AvgIpc) is 2.96. The van der Waals surface area contributed by atoms with Crippen LogP contribution in [-0.2, 0) is 0 Å². The summed E-state index contributed by atoms with van der Waals surface area (Å²) in [5.74, 6) is 0.572. The zero-order valence-electron chi connectivity index (χ0n) is 10.2. The first kappa shape index (κ1) is 11.2. The van der Waals surface area contributed by atoms with Crippen molar-refractivity contribution >= 4 is 17.0 Å². The van der Waals surface area contributed by atoms with Crippen LogP contribution >= 0.6 is 0 Å². The first-order chi connectivity index (χ1) is 8.61. The molecule has 0 aromatic carbocycles. The van der Waals surface area contributed by atoms with E-state index in [9.17, 15) is 4.79 Å². The summed E-state index contributed by atoms with van der Waals surface area (Å²) in [4.78, 5) is 21.0. The quantitative estimate of drug-likeness (QED) is 0.671. The van der Waals surface area contributed by atoms with Gasteiger partial charge in [0.2, 0.25) is 5.95 Å². The molecule has 0 spiro atoms. The molecule has 4 N–H and O–H groups in total. The minimum absolute atomic E-state index is 0.0909. The lowest BCUT2D eigenvalue weighted by Crippen LogP contribution is -2.32. The normalized spacial score (nSPS) is 24.0. The van der Waals surface area contributed by atoms with Gasteiger partial charge >= 0.3 is 0 Å². The van der Waals surface area contributed by atoms with Gasteiger partial charge in [-0.25, -0.2) is 0 Å². The van der Waals surface area contributed by atoms with E-state index in [0.717, 1.165) is 19.5 Å². The number of rotatable bonds is 2. The van der Waals surface area contributed by atoms with Crippen LogP contribution in [0.3, 0.4) is 0 Å². The molecule has 95 valence electrons. The molecule has 1 aliphatic heterocycles. The van der Waals surface area contributed by atoms with E-state index in [4.69, 9.17) is 5.73 Å². The minimum atomic E-state index is -0.217. The molecule has 0 saturated carbocycles. The number of fused-ring (bicyclic) bond motifs is 1. The van der Waals surface area contributed by atoms with Gasteiger partial charge in [-0.05, 0) is 18.4 Å². The van der Waals surface area contributed by atoms with Crippen LogP contribution in [0.25, 0.3) is 11.0 Å². The summed E-state index contributed by atoms with van der Waals surface area (Å²) in [7, 11) is 0. The average molecular weight is 247 g/mol. The van der Waals surface area contributed by atoms with Gasteiger partial charge in [-0.3, -0.25) is 14.9 Å². The van der Waals surface area contributed by atoms with E-state index in [1.807, 2.05) is 0 Å². The van der Waals surface area contributed by atoms with Crippen LogP contribution in [0, 0.1) is 11.6 Å². The highest BCUT2D eigenvalue weighted by Crippen LogP contribution is 2.30. The van der Waals surface area contributed by atoms with Crippen molar-refractivity contribution in [3.8, 4) is 0 Å². The van der Waals surface area contributed by atoms with Gasteiger partial charge < -0.3 is 10.6 Å². The zero-order valence-corrected chi connectivity index (χ0v) is 10.2. The molecular formula is C11H15N6O.